The summed E-state index contributed by atoms with van der Waals surface area (Å²) in [6, 6.07) is 14.0. The third-order valence-electron chi connectivity index (χ3n) is 2.95. The van der Waals surface area contributed by atoms with E-state index in [1.54, 1.807) is 6.07 Å². The van der Waals surface area contributed by atoms with Crippen LogP contribution in [-0.2, 0) is 0 Å². The number of anilines is 1. The third kappa shape index (κ3) is 3.96. The van der Waals surface area contributed by atoms with Gasteiger partial charge in [-0.1, -0.05) is 12.1 Å². The predicted octanol–water partition coefficient (Wildman–Crippen LogP) is 3.37. The number of ether oxygens (including phenoxy) is 1. The minimum absolute atomic E-state index is 0.00337. The zero-order valence-corrected chi connectivity index (χ0v) is 11.3. The molecular formula is C16H18FNO2. The molecule has 2 aromatic rings. The van der Waals surface area contributed by atoms with Crippen molar-refractivity contribution >= 4 is 5.69 Å². The second-order valence-corrected chi connectivity index (χ2v) is 4.52. The lowest BCUT2D eigenvalue weighted by Gasteiger charge is -2.16. The first-order valence-corrected chi connectivity index (χ1v) is 6.55. The number of hydrogen-bond acceptors (Lipinski definition) is 3. The van der Waals surface area contributed by atoms with E-state index in [1.807, 2.05) is 37.3 Å². The first-order valence-electron chi connectivity index (χ1n) is 6.55. The molecule has 0 saturated heterocycles. The standard InChI is InChI=1S/C16H18FNO2/c1-12(13-3-2-4-14(17)11-13)18-15-5-7-16(8-6-15)20-10-9-19/h2-8,11-12,18-19H,9-10H2,1H3. The summed E-state index contributed by atoms with van der Waals surface area (Å²) in [5, 5.41) is 12.0. The molecule has 2 aromatic carbocycles. The number of aliphatic hydroxyl groups is 1. The van der Waals surface area contributed by atoms with Crippen molar-refractivity contribution in [3.05, 3.63) is 59.9 Å². The van der Waals surface area contributed by atoms with Crippen molar-refractivity contribution in [1.29, 1.82) is 0 Å². The summed E-state index contributed by atoms with van der Waals surface area (Å²) in [4.78, 5) is 0. The van der Waals surface area contributed by atoms with Crippen molar-refractivity contribution in [3.63, 3.8) is 0 Å². The van der Waals surface area contributed by atoms with Crippen LogP contribution in [0, 0.1) is 5.82 Å². The normalized spacial score (nSPS) is 11.9. The van der Waals surface area contributed by atoms with Crippen molar-refractivity contribution in [2.24, 2.45) is 0 Å². The summed E-state index contributed by atoms with van der Waals surface area (Å²) in [6.07, 6.45) is 0. The van der Waals surface area contributed by atoms with Crippen molar-refractivity contribution < 1.29 is 14.2 Å². The Bertz CT molecular complexity index is 542. The van der Waals surface area contributed by atoms with Gasteiger partial charge in [-0.15, -0.1) is 0 Å². The molecule has 20 heavy (non-hydrogen) atoms. The molecular weight excluding hydrogens is 257 g/mol. The van der Waals surface area contributed by atoms with E-state index in [-0.39, 0.29) is 25.1 Å². The summed E-state index contributed by atoms with van der Waals surface area (Å²) >= 11 is 0. The lowest BCUT2D eigenvalue weighted by atomic mass is 10.1. The molecule has 0 saturated carbocycles. The van der Waals surface area contributed by atoms with Gasteiger partial charge in [-0.2, -0.15) is 0 Å². The van der Waals surface area contributed by atoms with E-state index in [1.165, 1.54) is 12.1 Å². The monoisotopic (exact) mass is 275 g/mol. The Labute approximate surface area is 118 Å². The average Bonchev–Trinajstić information content (AvgIpc) is 2.46. The van der Waals surface area contributed by atoms with E-state index < -0.39 is 0 Å². The molecule has 0 heterocycles. The number of rotatable bonds is 6. The molecule has 0 spiro atoms. The van der Waals surface area contributed by atoms with Gasteiger partial charge in [-0.25, -0.2) is 4.39 Å². The maximum Gasteiger partial charge on any atom is 0.123 e. The SMILES string of the molecule is CC(Nc1ccc(OCCO)cc1)c1cccc(F)c1. The number of halogens is 1. The smallest absolute Gasteiger partial charge is 0.123 e. The molecule has 4 heteroatoms. The molecule has 2 rings (SSSR count). The minimum atomic E-state index is -0.232. The Kier molecular flexibility index (Phi) is 4.96. The first-order chi connectivity index (χ1) is 9.69. The van der Waals surface area contributed by atoms with Gasteiger partial charge >= 0.3 is 0 Å². The average molecular weight is 275 g/mol. The quantitative estimate of drug-likeness (QED) is 0.849. The number of hydrogen-bond donors (Lipinski definition) is 2. The lowest BCUT2D eigenvalue weighted by molar-refractivity contribution is 0.201. The number of nitrogens with one attached hydrogen (secondary N) is 1. The van der Waals surface area contributed by atoms with Crippen LogP contribution in [0.4, 0.5) is 10.1 Å². The Balaban J connectivity index is 1.99. The largest absolute Gasteiger partial charge is 0.491 e. The highest BCUT2D eigenvalue weighted by atomic mass is 19.1. The van der Waals surface area contributed by atoms with E-state index in [9.17, 15) is 4.39 Å². The van der Waals surface area contributed by atoms with Gasteiger partial charge in [0.05, 0.1) is 6.61 Å². The lowest BCUT2D eigenvalue weighted by Crippen LogP contribution is -2.07. The molecule has 0 aromatic heterocycles. The first kappa shape index (κ1) is 14.3. The molecule has 0 aliphatic heterocycles. The summed E-state index contributed by atoms with van der Waals surface area (Å²) in [5.41, 5.74) is 1.82. The van der Waals surface area contributed by atoms with Crippen molar-refractivity contribution in [1.82, 2.24) is 0 Å². The fraction of sp³-hybridized carbons (Fsp3) is 0.250. The Hall–Kier alpha value is -2.07. The Morgan fingerprint density at radius 2 is 1.95 bits per heavy atom. The molecule has 0 aliphatic rings. The maximum atomic E-state index is 13.2. The zero-order chi connectivity index (χ0) is 14.4. The predicted molar refractivity (Wildman–Crippen MR) is 77.5 cm³/mol. The second kappa shape index (κ2) is 6.91. The van der Waals surface area contributed by atoms with Gasteiger partial charge in [0.15, 0.2) is 0 Å². The van der Waals surface area contributed by atoms with Gasteiger partial charge in [-0.3, -0.25) is 0 Å². The van der Waals surface area contributed by atoms with Gasteiger partial charge in [0.2, 0.25) is 0 Å². The van der Waals surface area contributed by atoms with Gasteiger partial charge in [0.1, 0.15) is 18.2 Å². The molecule has 2 N–H and O–H groups in total. The van der Waals surface area contributed by atoms with Crippen LogP contribution in [0.15, 0.2) is 48.5 Å². The van der Waals surface area contributed by atoms with E-state index in [2.05, 4.69) is 5.32 Å². The Morgan fingerprint density at radius 3 is 2.60 bits per heavy atom. The van der Waals surface area contributed by atoms with E-state index in [4.69, 9.17) is 9.84 Å². The van der Waals surface area contributed by atoms with E-state index in [0.717, 1.165) is 11.3 Å². The van der Waals surface area contributed by atoms with E-state index in [0.29, 0.717) is 5.75 Å². The molecule has 106 valence electrons. The molecule has 0 fully saturated rings. The molecule has 1 atom stereocenters. The number of benzene rings is 2. The second-order valence-electron chi connectivity index (χ2n) is 4.52. The Morgan fingerprint density at radius 1 is 1.20 bits per heavy atom. The number of aliphatic hydroxyl groups excluding tert-OH is 1. The van der Waals surface area contributed by atoms with Crippen LogP contribution in [0.1, 0.15) is 18.5 Å². The molecule has 1 unspecified atom stereocenters. The highest BCUT2D eigenvalue weighted by Gasteiger charge is 2.06. The van der Waals surface area contributed by atoms with Crippen LogP contribution in [0.5, 0.6) is 5.75 Å². The van der Waals surface area contributed by atoms with Gasteiger partial charge in [-0.05, 0) is 48.9 Å². The van der Waals surface area contributed by atoms with Gasteiger partial charge in [0, 0.05) is 11.7 Å². The van der Waals surface area contributed by atoms with Crippen molar-refractivity contribution in [2.75, 3.05) is 18.5 Å². The molecule has 0 aliphatic carbocycles. The summed E-state index contributed by atoms with van der Waals surface area (Å²) < 4.78 is 18.5. The van der Waals surface area contributed by atoms with Gasteiger partial charge in [0.25, 0.3) is 0 Å². The molecule has 0 radical (unpaired) electrons. The topological polar surface area (TPSA) is 41.5 Å². The zero-order valence-electron chi connectivity index (χ0n) is 11.3. The van der Waals surface area contributed by atoms with Crippen LogP contribution < -0.4 is 10.1 Å². The third-order valence-corrected chi connectivity index (χ3v) is 2.95. The fourth-order valence-electron chi connectivity index (χ4n) is 1.92. The summed E-state index contributed by atoms with van der Waals surface area (Å²) in [7, 11) is 0. The molecule has 0 bridgehead atoms. The van der Waals surface area contributed by atoms with Crippen LogP contribution in [0.2, 0.25) is 0 Å². The molecule has 3 nitrogen and oxygen atoms in total. The fourth-order valence-corrected chi connectivity index (χ4v) is 1.92. The molecule has 0 amide bonds. The minimum Gasteiger partial charge on any atom is -0.491 e. The van der Waals surface area contributed by atoms with Crippen LogP contribution in [-0.4, -0.2) is 18.3 Å². The summed E-state index contributed by atoms with van der Waals surface area (Å²) in [5.74, 6) is 0.479. The van der Waals surface area contributed by atoms with E-state index >= 15 is 0 Å². The highest BCUT2D eigenvalue weighted by molar-refractivity contribution is 5.48. The van der Waals surface area contributed by atoms with Crippen LogP contribution in [0.3, 0.4) is 0 Å². The van der Waals surface area contributed by atoms with Crippen molar-refractivity contribution in [2.45, 2.75) is 13.0 Å². The van der Waals surface area contributed by atoms with Crippen LogP contribution in [0.25, 0.3) is 0 Å². The highest BCUT2D eigenvalue weighted by Crippen LogP contribution is 2.22. The van der Waals surface area contributed by atoms with Crippen LogP contribution >= 0.6 is 0 Å². The van der Waals surface area contributed by atoms with Crippen molar-refractivity contribution in [3.8, 4) is 5.75 Å². The summed E-state index contributed by atoms with van der Waals surface area (Å²) in [6.45, 7) is 2.26. The van der Waals surface area contributed by atoms with Gasteiger partial charge < -0.3 is 15.2 Å². The maximum absolute atomic E-state index is 13.2.